The third kappa shape index (κ3) is 2.27. The van der Waals surface area contributed by atoms with Crippen molar-refractivity contribution in [2.45, 2.75) is 0 Å². The largest absolute Gasteiger partial charge is 0.255 e. The molecule has 23 heavy (non-hydrogen) atoms. The molecule has 3 heteroatoms. The van der Waals surface area contributed by atoms with Gasteiger partial charge in [0, 0.05) is 0 Å². The molecule has 0 aliphatic carbocycles. The van der Waals surface area contributed by atoms with Gasteiger partial charge in [-0.05, 0) is 48.5 Å². The fraction of sp³-hybridized carbons (Fsp3) is 0. The zero-order valence-corrected chi connectivity index (χ0v) is 12.4. The van der Waals surface area contributed by atoms with Crippen molar-refractivity contribution in [3.8, 4) is 17.4 Å². The number of aromatic nitrogens is 2. The molecule has 0 amide bonds. The van der Waals surface area contributed by atoms with Crippen LogP contribution in [0, 0.1) is 11.3 Å². The molecule has 0 aliphatic heterocycles. The molecular weight excluding hydrogens is 282 g/mol. The Morgan fingerprint density at radius 2 is 1.48 bits per heavy atom. The van der Waals surface area contributed by atoms with Gasteiger partial charge < -0.3 is 0 Å². The first-order valence-corrected chi connectivity index (χ1v) is 7.44. The number of benzene rings is 3. The van der Waals surface area contributed by atoms with Gasteiger partial charge in [0.1, 0.15) is 11.4 Å². The van der Waals surface area contributed by atoms with Crippen LogP contribution in [0.2, 0.25) is 0 Å². The van der Waals surface area contributed by atoms with Gasteiger partial charge in [0.25, 0.3) is 6.33 Å². The van der Waals surface area contributed by atoms with Crippen LogP contribution >= 0.6 is 0 Å². The lowest BCUT2D eigenvalue weighted by atomic mass is 10.2. The zero-order valence-electron chi connectivity index (χ0n) is 12.4. The molecule has 0 bridgehead atoms. The Kier molecular flexibility index (Phi) is 3.14. The predicted molar refractivity (Wildman–Crippen MR) is 89.5 cm³/mol. The van der Waals surface area contributed by atoms with E-state index in [1.807, 2.05) is 54.6 Å². The highest BCUT2D eigenvalue weighted by atomic mass is 15.1. The van der Waals surface area contributed by atoms with E-state index in [0.29, 0.717) is 5.56 Å². The summed E-state index contributed by atoms with van der Waals surface area (Å²) >= 11 is 0. The summed E-state index contributed by atoms with van der Waals surface area (Å²) in [6.45, 7) is 0. The molecule has 0 saturated carbocycles. The molecule has 0 N–H and O–H groups in total. The maximum atomic E-state index is 8.96. The predicted octanol–water partition coefficient (Wildman–Crippen LogP) is 3.78. The fourth-order valence-electron chi connectivity index (χ4n) is 2.81. The molecular formula is C20H14N3+. The summed E-state index contributed by atoms with van der Waals surface area (Å²) < 4.78 is 4.32. The van der Waals surface area contributed by atoms with Gasteiger partial charge in [-0.2, -0.15) is 14.4 Å². The molecule has 1 heterocycles. The van der Waals surface area contributed by atoms with Gasteiger partial charge >= 0.3 is 0 Å². The minimum absolute atomic E-state index is 0.668. The van der Waals surface area contributed by atoms with Crippen molar-refractivity contribution >= 4 is 11.0 Å². The van der Waals surface area contributed by atoms with Gasteiger partial charge in [0.2, 0.25) is 0 Å². The van der Waals surface area contributed by atoms with Crippen molar-refractivity contribution in [1.29, 1.82) is 5.26 Å². The summed E-state index contributed by atoms with van der Waals surface area (Å²) in [5.74, 6) is 0. The molecule has 1 aromatic heterocycles. The average molecular weight is 296 g/mol. The van der Waals surface area contributed by atoms with Crippen LogP contribution in [0.15, 0.2) is 85.2 Å². The Balaban J connectivity index is 1.96. The summed E-state index contributed by atoms with van der Waals surface area (Å²) in [5.41, 5.74) is 5.09. The third-order valence-corrected chi connectivity index (χ3v) is 3.94. The minimum Gasteiger partial charge on any atom is -0.195 e. The Morgan fingerprint density at radius 3 is 2.22 bits per heavy atom. The number of hydrogen-bond donors (Lipinski definition) is 0. The number of fused-ring (bicyclic) bond motifs is 1. The second kappa shape index (κ2) is 5.43. The number of para-hydroxylation sites is 3. The van der Waals surface area contributed by atoms with Crippen LogP contribution in [0.4, 0.5) is 0 Å². The van der Waals surface area contributed by atoms with E-state index >= 15 is 0 Å². The van der Waals surface area contributed by atoms with Crippen molar-refractivity contribution in [3.05, 3.63) is 90.8 Å². The van der Waals surface area contributed by atoms with Gasteiger partial charge in [-0.1, -0.05) is 30.3 Å². The molecule has 4 aromatic rings. The van der Waals surface area contributed by atoms with Crippen LogP contribution in [-0.2, 0) is 0 Å². The second-order valence-electron chi connectivity index (χ2n) is 5.34. The van der Waals surface area contributed by atoms with Crippen LogP contribution in [0.3, 0.4) is 0 Å². The van der Waals surface area contributed by atoms with E-state index in [1.54, 1.807) is 0 Å². The van der Waals surface area contributed by atoms with Gasteiger partial charge in [-0.3, -0.25) is 0 Å². The normalized spacial score (nSPS) is 10.6. The van der Waals surface area contributed by atoms with Gasteiger partial charge in [-0.25, -0.2) is 0 Å². The van der Waals surface area contributed by atoms with Gasteiger partial charge in [0.15, 0.2) is 11.0 Å². The minimum atomic E-state index is 0.668. The van der Waals surface area contributed by atoms with E-state index < -0.39 is 0 Å². The Bertz CT molecular complexity index is 1010. The first-order valence-electron chi connectivity index (χ1n) is 7.44. The summed E-state index contributed by atoms with van der Waals surface area (Å²) in [7, 11) is 0. The summed E-state index contributed by atoms with van der Waals surface area (Å²) in [6.07, 6.45) is 2.08. The lowest BCUT2D eigenvalue weighted by Crippen LogP contribution is -2.28. The maximum Gasteiger partial charge on any atom is 0.255 e. The van der Waals surface area contributed by atoms with Crippen molar-refractivity contribution in [3.63, 3.8) is 0 Å². The highest BCUT2D eigenvalue weighted by Gasteiger charge is 2.17. The summed E-state index contributed by atoms with van der Waals surface area (Å²) in [4.78, 5) is 0. The Hall–Kier alpha value is -3.38. The molecule has 0 spiro atoms. The SMILES string of the molecule is N#Cc1ccc(-[n+]2cn(-c3ccccc3)c3ccccc32)cc1. The van der Waals surface area contributed by atoms with Crippen LogP contribution < -0.4 is 4.57 Å². The zero-order chi connectivity index (χ0) is 15.6. The van der Waals surface area contributed by atoms with E-state index in [1.165, 1.54) is 0 Å². The molecule has 0 saturated heterocycles. The molecule has 3 aromatic carbocycles. The van der Waals surface area contributed by atoms with E-state index in [4.69, 9.17) is 5.26 Å². The second-order valence-corrected chi connectivity index (χ2v) is 5.34. The molecule has 3 nitrogen and oxygen atoms in total. The first-order chi connectivity index (χ1) is 11.4. The van der Waals surface area contributed by atoms with Crippen LogP contribution in [-0.4, -0.2) is 4.57 Å². The molecule has 0 unspecified atom stereocenters. The van der Waals surface area contributed by atoms with Gasteiger partial charge in [-0.15, -0.1) is 0 Å². The Labute approximate surface area is 134 Å². The highest BCUT2D eigenvalue weighted by molar-refractivity contribution is 5.74. The summed E-state index contributed by atoms with van der Waals surface area (Å²) in [6, 6.07) is 28.4. The maximum absolute atomic E-state index is 8.96. The lowest BCUT2D eigenvalue weighted by molar-refractivity contribution is -0.567. The Morgan fingerprint density at radius 1 is 0.783 bits per heavy atom. The molecule has 0 radical (unpaired) electrons. The van der Waals surface area contributed by atoms with Crippen LogP contribution in [0.5, 0.6) is 0 Å². The van der Waals surface area contributed by atoms with Crippen molar-refractivity contribution in [2.75, 3.05) is 0 Å². The highest BCUT2D eigenvalue weighted by Crippen LogP contribution is 2.18. The van der Waals surface area contributed by atoms with Crippen molar-refractivity contribution in [2.24, 2.45) is 0 Å². The smallest absolute Gasteiger partial charge is 0.195 e. The average Bonchev–Trinajstić information content (AvgIpc) is 3.02. The van der Waals surface area contributed by atoms with Gasteiger partial charge in [0.05, 0.1) is 11.6 Å². The van der Waals surface area contributed by atoms with Crippen LogP contribution in [0.25, 0.3) is 22.4 Å². The van der Waals surface area contributed by atoms with E-state index in [2.05, 4.69) is 45.8 Å². The molecule has 0 fully saturated rings. The van der Waals surface area contributed by atoms with E-state index in [0.717, 1.165) is 22.4 Å². The third-order valence-electron chi connectivity index (χ3n) is 3.94. The standard InChI is InChI=1S/C20H14N3/c21-14-16-10-12-18(13-11-16)23-15-22(17-6-2-1-3-7-17)19-8-4-5-9-20(19)23/h1-13,15H/q+1. The number of hydrogen-bond acceptors (Lipinski definition) is 1. The van der Waals surface area contributed by atoms with E-state index in [-0.39, 0.29) is 0 Å². The number of imidazole rings is 1. The quantitative estimate of drug-likeness (QED) is 0.518. The molecule has 4 rings (SSSR count). The van der Waals surface area contributed by atoms with Crippen molar-refractivity contribution in [1.82, 2.24) is 4.57 Å². The molecule has 0 atom stereocenters. The molecule has 108 valence electrons. The number of rotatable bonds is 2. The summed E-state index contributed by atoms with van der Waals surface area (Å²) in [5, 5.41) is 8.96. The van der Waals surface area contributed by atoms with Crippen molar-refractivity contribution < 1.29 is 4.57 Å². The number of nitrogens with zero attached hydrogens (tertiary/aromatic N) is 3. The topological polar surface area (TPSA) is 32.6 Å². The molecule has 0 aliphatic rings. The number of nitriles is 1. The first kappa shape index (κ1) is 13.3. The lowest BCUT2D eigenvalue weighted by Gasteiger charge is -1.96. The van der Waals surface area contributed by atoms with Crippen LogP contribution in [0.1, 0.15) is 5.56 Å². The fourth-order valence-corrected chi connectivity index (χ4v) is 2.81. The van der Waals surface area contributed by atoms with E-state index in [9.17, 15) is 0 Å². The monoisotopic (exact) mass is 296 g/mol.